The zero-order chi connectivity index (χ0) is 26.3. The summed E-state index contributed by atoms with van der Waals surface area (Å²) in [6.07, 6.45) is 0.0164. The van der Waals surface area contributed by atoms with Gasteiger partial charge >= 0.3 is 0 Å². The van der Waals surface area contributed by atoms with Gasteiger partial charge in [0.25, 0.3) is 5.91 Å². The van der Waals surface area contributed by atoms with Gasteiger partial charge in [-0.1, -0.05) is 29.0 Å². The van der Waals surface area contributed by atoms with Crippen molar-refractivity contribution in [2.45, 2.75) is 17.7 Å². The van der Waals surface area contributed by atoms with Crippen LogP contribution in [0.5, 0.6) is 0 Å². The van der Waals surface area contributed by atoms with E-state index in [-0.39, 0.29) is 36.7 Å². The molecular formula is C24H25ClN6O3S2. The van der Waals surface area contributed by atoms with E-state index >= 15 is 0 Å². The first-order valence-electron chi connectivity index (χ1n) is 11.0. The Morgan fingerprint density at radius 3 is 2.19 bits per heavy atom. The molecule has 0 radical (unpaired) electrons. The van der Waals surface area contributed by atoms with Crippen LogP contribution < -0.4 is 4.90 Å². The van der Waals surface area contributed by atoms with Crippen LogP contribution in [0.4, 0.5) is 5.13 Å². The van der Waals surface area contributed by atoms with Crippen LogP contribution in [0.15, 0.2) is 47.4 Å². The smallest absolute Gasteiger partial charge is 0.260 e. The largest absolute Gasteiger partial charge is 0.308 e. The van der Waals surface area contributed by atoms with Crippen molar-refractivity contribution >= 4 is 54.2 Å². The second-order valence-corrected chi connectivity index (χ2v) is 11.4. The number of anilines is 1. The normalized spacial score (nSPS) is 11.5. The number of likely N-dealkylation sites (N-methyl/N-ethyl adjacent to an activating group) is 1. The number of nitrogens with zero attached hydrogens (tertiary/aromatic N) is 6. The Hall–Kier alpha value is -3.06. The molecular weight excluding hydrogens is 520 g/mol. The standard InChI is InChI=1S/C24H25ClN6O3S2/c1-29(2)16-17-31(24-28-22-20(25)6-3-7-21(22)35-24)23(32)18-8-10-19(11-9-18)36(33,34)30(14-4-12-26)15-5-13-27/h3,6-11H,4-5,14-17H2,1-2H3. The van der Waals surface area contributed by atoms with Gasteiger partial charge in [-0.05, 0) is 50.5 Å². The number of aromatic nitrogens is 1. The van der Waals surface area contributed by atoms with Crippen molar-refractivity contribution in [1.29, 1.82) is 10.5 Å². The van der Waals surface area contributed by atoms with Gasteiger partial charge in [0.15, 0.2) is 5.13 Å². The number of hydrogen-bond acceptors (Lipinski definition) is 8. The molecule has 1 aromatic heterocycles. The SMILES string of the molecule is CN(C)CCN(C(=O)c1ccc(S(=O)(=O)N(CCC#N)CCC#N)cc1)c1nc2c(Cl)cccc2s1. The van der Waals surface area contributed by atoms with Crippen LogP contribution >= 0.6 is 22.9 Å². The first kappa shape index (κ1) is 27.5. The Morgan fingerprint density at radius 2 is 1.64 bits per heavy atom. The average molecular weight is 545 g/mol. The fraction of sp³-hybridized carbons (Fsp3) is 0.333. The molecule has 0 aliphatic carbocycles. The second kappa shape index (κ2) is 12.3. The number of amides is 1. The molecule has 0 atom stereocenters. The number of sulfonamides is 1. The number of carbonyl (C=O) groups excluding carboxylic acids is 1. The molecule has 1 heterocycles. The van der Waals surface area contributed by atoms with E-state index in [0.29, 0.717) is 34.3 Å². The molecule has 0 bridgehead atoms. The predicted molar refractivity (Wildman–Crippen MR) is 141 cm³/mol. The van der Waals surface area contributed by atoms with Gasteiger partial charge in [0.2, 0.25) is 10.0 Å². The minimum atomic E-state index is -3.93. The molecule has 12 heteroatoms. The molecule has 2 aromatic carbocycles. The van der Waals surface area contributed by atoms with Gasteiger partial charge in [0.05, 0.1) is 26.8 Å². The average Bonchev–Trinajstić information content (AvgIpc) is 3.29. The van der Waals surface area contributed by atoms with Gasteiger partial charge in [0, 0.05) is 44.6 Å². The fourth-order valence-electron chi connectivity index (χ4n) is 3.38. The molecule has 0 saturated carbocycles. The lowest BCUT2D eigenvalue weighted by atomic mass is 10.2. The first-order valence-corrected chi connectivity index (χ1v) is 13.7. The molecule has 9 nitrogen and oxygen atoms in total. The summed E-state index contributed by atoms with van der Waals surface area (Å²) < 4.78 is 28.1. The van der Waals surface area contributed by atoms with Gasteiger partial charge in [-0.2, -0.15) is 14.8 Å². The van der Waals surface area contributed by atoms with Crippen LogP contribution in [0, 0.1) is 22.7 Å². The number of hydrogen-bond donors (Lipinski definition) is 0. The van der Waals surface area contributed by atoms with Crippen LogP contribution in [0.3, 0.4) is 0 Å². The first-order chi connectivity index (χ1) is 17.2. The molecule has 3 rings (SSSR count). The van der Waals surface area contributed by atoms with E-state index in [4.69, 9.17) is 22.1 Å². The van der Waals surface area contributed by atoms with E-state index in [2.05, 4.69) is 4.98 Å². The van der Waals surface area contributed by atoms with E-state index in [1.54, 1.807) is 11.0 Å². The molecule has 0 N–H and O–H groups in total. The molecule has 1 amide bonds. The summed E-state index contributed by atoms with van der Waals surface area (Å²) >= 11 is 7.64. The van der Waals surface area contributed by atoms with Crippen LogP contribution in [0.1, 0.15) is 23.2 Å². The zero-order valence-electron chi connectivity index (χ0n) is 19.9. The molecule has 36 heavy (non-hydrogen) atoms. The number of fused-ring (bicyclic) bond motifs is 1. The Labute approximate surface area is 219 Å². The second-order valence-electron chi connectivity index (χ2n) is 8.09. The molecule has 0 fully saturated rings. The molecule has 0 saturated heterocycles. The molecule has 0 unspecified atom stereocenters. The summed E-state index contributed by atoms with van der Waals surface area (Å²) in [4.78, 5) is 21.6. The highest BCUT2D eigenvalue weighted by Crippen LogP contribution is 2.33. The quantitative estimate of drug-likeness (QED) is 0.358. The third-order valence-electron chi connectivity index (χ3n) is 5.29. The number of halogens is 1. The summed E-state index contributed by atoms with van der Waals surface area (Å²) in [6, 6.07) is 15.0. The number of thiazole rings is 1. The maximum absolute atomic E-state index is 13.5. The maximum atomic E-state index is 13.5. The third kappa shape index (κ3) is 6.38. The highest BCUT2D eigenvalue weighted by Gasteiger charge is 2.26. The van der Waals surface area contributed by atoms with Crippen molar-refractivity contribution < 1.29 is 13.2 Å². The van der Waals surface area contributed by atoms with Crippen LogP contribution in [-0.2, 0) is 10.0 Å². The molecule has 0 spiro atoms. The number of benzene rings is 2. The lowest BCUT2D eigenvalue weighted by Gasteiger charge is -2.22. The van der Waals surface area contributed by atoms with Gasteiger partial charge in [-0.15, -0.1) is 0 Å². The van der Waals surface area contributed by atoms with E-state index in [9.17, 15) is 13.2 Å². The predicted octanol–water partition coefficient (Wildman–Crippen LogP) is 3.98. The number of para-hydroxylation sites is 1. The molecule has 3 aromatic rings. The monoisotopic (exact) mass is 544 g/mol. The van der Waals surface area contributed by atoms with Crippen molar-refractivity contribution in [2.75, 3.05) is 45.2 Å². The summed E-state index contributed by atoms with van der Waals surface area (Å²) in [5.74, 6) is -0.318. The lowest BCUT2D eigenvalue weighted by Crippen LogP contribution is -2.37. The van der Waals surface area contributed by atoms with E-state index in [1.807, 2.05) is 43.3 Å². The van der Waals surface area contributed by atoms with Gasteiger partial charge < -0.3 is 4.90 Å². The molecule has 0 aliphatic heterocycles. The van der Waals surface area contributed by atoms with E-state index in [1.165, 1.54) is 35.6 Å². The van der Waals surface area contributed by atoms with Gasteiger partial charge in [-0.3, -0.25) is 9.69 Å². The highest BCUT2D eigenvalue weighted by molar-refractivity contribution is 7.89. The Bertz CT molecular complexity index is 1390. The van der Waals surface area contributed by atoms with Gasteiger partial charge in [-0.25, -0.2) is 13.4 Å². The van der Waals surface area contributed by atoms with Crippen molar-refractivity contribution in [3.05, 3.63) is 53.1 Å². The third-order valence-corrected chi connectivity index (χ3v) is 8.55. The molecule has 0 aliphatic rings. The van der Waals surface area contributed by atoms with Crippen LogP contribution in [0.2, 0.25) is 5.02 Å². The van der Waals surface area contributed by atoms with Crippen molar-refractivity contribution in [3.63, 3.8) is 0 Å². The van der Waals surface area contributed by atoms with E-state index < -0.39 is 10.0 Å². The minimum absolute atomic E-state index is 0.00818. The topological polar surface area (TPSA) is 121 Å². The lowest BCUT2D eigenvalue weighted by molar-refractivity contribution is 0.0985. The summed E-state index contributed by atoms with van der Waals surface area (Å²) in [5.41, 5.74) is 0.928. The van der Waals surface area contributed by atoms with Crippen molar-refractivity contribution in [3.8, 4) is 12.1 Å². The number of rotatable bonds is 11. The number of carbonyl (C=O) groups is 1. The van der Waals surface area contributed by atoms with Gasteiger partial charge in [0.1, 0.15) is 5.52 Å². The Morgan fingerprint density at radius 1 is 1.00 bits per heavy atom. The highest BCUT2D eigenvalue weighted by atomic mass is 35.5. The summed E-state index contributed by atoms with van der Waals surface area (Å²) in [5, 5.41) is 18.7. The molecule has 188 valence electrons. The van der Waals surface area contributed by atoms with E-state index in [0.717, 1.165) is 9.01 Å². The Kier molecular flexibility index (Phi) is 9.37. The van der Waals surface area contributed by atoms with Crippen LogP contribution in [0.25, 0.3) is 10.2 Å². The maximum Gasteiger partial charge on any atom is 0.260 e. The fourth-order valence-corrected chi connectivity index (χ4v) is 6.11. The Balaban J connectivity index is 1.91. The number of nitriles is 2. The zero-order valence-corrected chi connectivity index (χ0v) is 22.3. The van der Waals surface area contributed by atoms with Crippen molar-refractivity contribution in [1.82, 2.24) is 14.2 Å². The summed E-state index contributed by atoms with van der Waals surface area (Å²) in [7, 11) is -0.120. The van der Waals surface area contributed by atoms with Crippen molar-refractivity contribution in [2.24, 2.45) is 0 Å². The van der Waals surface area contributed by atoms with Crippen LogP contribution in [-0.4, -0.2) is 68.8 Å². The minimum Gasteiger partial charge on any atom is -0.308 e. The summed E-state index contributed by atoms with van der Waals surface area (Å²) in [6.45, 7) is 0.938.